The first-order chi connectivity index (χ1) is 10.1. The van der Waals surface area contributed by atoms with Crippen molar-refractivity contribution in [3.63, 3.8) is 0 Å². The smallest absolute Gasteiger partial charge is 0.131 e. The number of hydrogen-bond acceptors (Lipinski definition) is 2. The summed E-state index contributed by atoms with van der Waals surface area (Å²) in [4.78, 5) is 0. The van der Waals surface area contributed by atoms with Crippen LogP contribution in [-0.4, -0.2) is 10.7 Å². The molecule has 1 aliphatic heterocycles. The van der Waals surface area contributed by atoms with Crippen LogP contribution in [0.3, 0.4) is 0 Å². The van der Waals surface area contributed by atoms with Gasteiger partial charge in [-0.25, -0.2) is 0 Å². The minimum absolute atomic E-state index is 0.310. The van der Waals surface area contributed by atoms with Gasteiger partial charge in [-0.2, -0.15) is 0 Å². The van der Waals surface area contributed by atoms with E-state index in [-0.39, 0.29) is 5.60 Å². The van der Waals surface area contributed by atoms with Crippen LogP contribution in [-0.2, 0) is 6.42 Å². The van der Waals surface area contributed by atoms with E-state index in [1.165, 1.54) is 12.8 Å². The maximum Gasteiger partial charge on any atom is 0.131 e. The van der Waals surface area contributed by atoms with Gasteiger partial charge in [0.15, 0.2) is 0 Å². The molecule has 2 nitrogen and oxygen atoms in total. The van der Waals surface area contributed by atoms with E-state index in [4.69, 9.17) is 4.74 Å². The minimum atomic E-state index is -0.310. The lowest BCUT2D eigenvalue weighted by molar-refractivity contribution is 0.128. The monoisotopic (exact) mass is 286 g/mol. The number of phenols is 1. The largest absolute Gasteiger partial charge is 0.507 e. The average molecular weight is 286 g/mol. The van der Waals surface area contributed by atoms with Crippen LogP contribution in [0.1, 0.15) is 57.1 Å². The fourth-order valence-electron chi connectivity index (χ4n) is 2.71. The first kappa shape index (κ1) is 15.7. The van der Waals surface area contributed by atoms with Crippen molar-refractivity contribution in [3.05, 3.63) is 42.0 Å². The maximum absolute atomic E-state index is 10.2. The zero-order chi connectivity index (χ0) is 15.3. The number of aryl methyl sites for hydroxylation is 1. The number of hydrogen-bond donors (Lipinski definition) is 1. The summed E-state index contributed by atoms with van der Waals surface area (Å²) in [5.74, 6) is 1.12. The second kappa shape index (κ2) is 6.84. The molecule has 0 saturated carbocycles. The van der Waals surface area contributed by atoms with Crippen molar-refractivity contribution >= 4 is 6.08 Å². The highest BCUT2D eigenvalue weighted by Gasteiger charge is 2.28. The Balaban J connectivity index is 2.18. The highest BCUT2D eigenvalue weighted by atomic mass is 16.5. The molecule has 1 atom stereocenters. The summed E-state index contributed by atoms with van der Waals surface area (Å²) in [7, 11) is 0. The molecule has 2 heteroatoms. The predicted octanol–water partition coefficient (Wildman–Crippen LogP) is 5.26. The first-order valence-electron chi connectivity index (χ1n) is 7.93. The van der Waals surface area contributed by atoms with Crippen molar-refractivity contribution in [3.8, 4) is 11.5 Å². The second-order valence-corrected chi connectivity index (χ2v) is 6.06. The number of allylic oxidation sites excluding steroid dienone is 1. The van der Waals surface area contributed by atoms with Gasteiger partial charge in [0.2, 0.25) is 0 Å². The van der Waals surface area contributed by atoms with Gasteiger partial charge in [0.25, 0.3) is 0 Å². The van der Waals surface area contributed by atoms with Gasteiger partial charge in [-0.05, 0) is 62.5 Å². The van der Waals surface area contributed by atoms with Crippen LogP contribution in [0.4, 0.5) is 0 Å². The Hall–Kier alpha value is -1.70. The van der Waals surface area contributed by atoms with E-state index in [1.807, 2.05) is 24.3 Å². The molecule has 1 aliphatic rings. The van der Waals surface area contributed by atoms with Crippen molar-refractivity contribution in [1.82, 2.24) is 0 Å². The fraction of sp³-hybridized carbons (Fsp3) is 0.474. The Morgan fingerprint density at radius 2 is 2.14 bits per heavy atom. The summed E-state index contributed by atoms with van der Waals surface area (Å²) < 4.78 is 6.15. The summed E-state index contributed by atoms with van der Waals surface area (Å²) in [6.07, 6.45) is 12.3. The molecule has 0 saturated heterocycles. The zero-order valence-electron chi connectivity index (χ0n) is 13.2. The molecule has 0 radical (unpaired) electrons. The Bertz CT molecular complexity index is 531. The minimum Gasteiger partial charge on any atom is -0.507 e. The van der Waals surface area contributed by atoms with Crippen LogP contribution in [0.5, 0.6) is 11.5 Å². The second-order valence-electron chi connectivity index (χ2n) is 6.06. The lowest BCUT2D eigenvalue weighted by Crippen LogP contribution is -2.31. The van der Waals surface area contributed by atoms with Gasteiger partial charge in [0, 0.05) is 0 Å². The highest BCUT2D eigenvalue weighted by molar-refractivity contribution is 5.67. The van der Waals surface area contributed by atoms with Gasteiger partial charge < -0.3 is 9.84 Å². The molecule has 1 N–H and O–H groups in total. The van der Waals surface area contributed by atoms with Crippen molar-refractivity contribution < 1.29 is 9.84 Å². The van der Waals surface area contributed by atoms with Crippen LogP contribution < -0.4 is 4.74 Å². The lowest BCUT2D eigenvalue weighted by atomic mass is 9.94. The van der Waals surface area contributed by atoms with E-state index in [0.717, 1.165) is 42.6 Å². The number of rotatable bonds is 7. The van der Waals surface area contributed by atoms with Gasteiger partial charge in [0.1, 0.15) is 17.1 Å². The third-order valence-electron chi connectivity index (χ3n) is 4.04. The maximum atomic E-state index is 10.2. The standard InChI is InChI=1S/C19H26O2/c1-4-6-8-9-15-13-17(20)16-10-12-19(3,11-7-5-2)21-18(16)14-15/h5,10,12-14,20H,2,4,6-9,11H2,1,3H3. The van der Waals surface area contributed by atoms with E-state index < -0.39 is 0 Å². The molecule has 1 heterocycles. The van der Waals surface area contributed by atoms with Gasteiger partial charge in [-0.15, -0.1) is 6.58 Å². The van der Waals surface area contributed by atoms with Gasteiger partial charge in [-0.1, -0.05) is 25.8 Å². The third kappa shape index (κ3) is 3.90. The molecule has 0 aromatic heterocycles. The number of ether oxygens (including phenoxy) is 1. The highest BCUT2D eigenvalue weighted by Crippen LogP contribution is 2.39. The number of phenolic OH excluding ortho intramolecular Hbond substituents is 1. The molecule has 0 fully saturated rings. The molecular formula is C19H26O2. The Morgan fingerprint density at radius 1 is 1.33 bits per heavy atom. The van der Waals surface area contributed by atoms with Gasteiger partial charge in [0.05, 0.1) is 5.56 Å². The summed E-state index contributed by atoms with van der Waals surface area (Å²) in [6.45, 7) is 8.05. The number of benzene rings is 1. The van der Waals surface area contributed by atoms with Crippen molar-refractivity contribution in [2.45, 2.75) is 58.0 Å². The molecule has 114 valence electrons. The molecule has 1 aromatic rings. The number of fused-ring (bicyclic) bond motifs is 1. The molecule has 1 unspecified atom stereocenters. The Kier molecular flexibility index (Phi) is 5.11. The molecule has 0 bridgehead atoms. The van der Waals surface area contributed by atoms with Crippen LogP contribution >= 0.6 is 0 Å². The van der Waals surface area contributed by atoms with E-state index in [9.17, 15) is 5.11 Å². The van der Waals surface area contributed by atoms with Gasteiger partial charge >= 0.3 is 0 Å². The molecule has 0 spiro atoms. The SMILES string of the molecule is C=CCCC1(C)C=Cc2c(O)cc(CCCCC)cc2O1. The summed E-state index contributed by atoms with van der Waals surface area (Å²) >= 11 is 0. The fourth-order valence-corrected chi connectivity index (χ4v) is 2.71. The predicted molar refractivity (Wildman–Crippen MR) is 88.8 cm³/mol. The normalized spacial score (nSPS) is 19.9. The number of aromatic hydroxyl groups is 1. The topological polar surface area (TPSA) is 29.5 Å². The third-order valence-corrected chi connectivity index (χ3v) is 4.04. The van der Waals surface area contributed by atoms with E-state index in [0.29, 0.717) is 5.75 Å². The summed E-state index contributed by atoms with van der Waals surface area (Å²) in [5, 5.41) is 10.2. The average Bonchev–Trinajstić information content (AvgIpc) is 2.45. The molecule has 0 amide bonds. The summed E-state index contributed by atoms with van der Waals surface area (Å²) in [5.41, 5.74) is 1.64. The van der Waals surface area contributed by atoms with E-state index in [2.05, 4.69) is 26.5 Å². The number of unbranched alkanes of at least 4 members (excludes halogenated alkanes) is 2. The Labute approximate surface area is 128 Å². The zero-order valence-corrected chi connectivity index (χ0v) is 13.2. The van der Waals surface area contributed by atoms with Crippen molar-refractivity contribution in [2.24, 2.45) is 0 Å². The van der Waals surface area contributed by atoms with Crippen LogP contribution in [0, 0.1) is 0 Å². The molecule has 1 aromatic carbocycles. The van der Waals surface area contributed by atoms with E-state index >= 15 is 0 Å². The van der Waals surface area contributed by atoms with E-state index in [1.54, 1.807) is 0 Å². The van der Waals surface area contributed by atoms with Crippen molar-refractivity contribution in [2.75, 3.05) is 0 Å². The summed E-state index contributed by atoms with van der Waals surface area (Å²) in [6, 6.07) is 3.95. The molecule has 2 rings (SSSR count). The first-order valence-corrected chi connectivity index (χ1v) is 7.93. The molecule has 0 aliphatic carbocycles. The van der Waals surface area contributed by atoms with Crippen molar-refractivity contribution in [1.29, 1.82) is 0 Å². The van der Waals surface area contributed by atoms with Crippen LogP contribution in [0.25, 0.3) is 6.08 Å². The van der Waals surface area contributed by atoms with Crippen LogP contribution in [0.15, 0.2) is 30.9 Å². The van der Waals surface area contributed by atoms with Gasteiger partial charge in [-0.3, -0.25) is 0 Å². The quantitative estimate of drug-likeness (QED) is 0.547. The Morgan fingerprint density at radius 3 is 2.86 bits per heavy atom. The lowest BCUT2D eigenvalue weighted by Gasteiger charge is -2.32. The molecular weight excluding hydrogens is 260 g/mol. The molecule has 21 heavy (non-hydrogen) atoms. The van der Waals surface area contributed by atoms with Crippen LogP contribution in [0.2, 0.25) is 0 Å².